The summed E-state index contributed by atoms with van der Waals surface area (Å²) in [4.78, 5) is 21.8. The fraction of sp³-hybridized carbons (Fsp3) is 0.0417. The van der Waals surface area contributed by atoms with Gasteiger partial charge in [-0.1, -0.05) is 17.7 Å². The van der Waals surface area contributed by atoms with Crippen molar-refractivity contribution in [1.29, 1.82) is 0 Å². The molecule has 0 saturated carbocycles. The van der Waals surface area contributed by atoms with E-state index in [1.54, 1.807) is 18.3 Å². The van der Waals surface area contributed by atoms with Gasteiger partial charge in [0.2, 0.25) is 5.95 Å². The van der Waals surface area contributed by atoms with Crippen LogP contribution >= 0.6 is 11.6 Å². The van der Waals surface area contributed by atoms with E-state index in [2.05, 4.69) is 15.3 Å². The summed E-state index contributed by atoms with van der Waals surface area (Å²) in [7, 11) is 0. The number of amides is 1. The molecule has 5 aromatic rings. The largest absolute Gasteiger partial charge is 0.506 e. The maximum Gasteiger partial charge on any atom is 0.252 e. The summed E-state index contributed by atoms with van der Waals surface area (Å²) in [5.74, 6) is -1.18. The van der Waals surface area contributed by atoms with Crippen LogP contribution in [0.25, 0.3) is 27.8 Å². The van der Waals surface area contributed by atoms with Crippen molar-refractivity contribution in [3.05, 3.63) is 94.3 Å². The lowest BCUT2D eigenvalue weighted by atomic mass is 9.96. The average Bonchev–Trinajstić information content (AvgIpc) is 3.32. The number of nitrogens with one attached hydrogen (secondary N) is 1. The fourth-order valence-corrected chi connectivity index (χ4v) is 4.54. The molecule has 2 aromatic heterocycles. The number of hydrogen-bond donors (Lipinski definition) is 2. The number of nitrogens with zero attached hydrogens (tertiary/aromatic N) is 3. The topological polar surface area (TPSA) is 80.0 Å². The first-order valence-corrected chi connectivity index (χ1v) is 10.3. The third kappa shape index (κ3) is 2.95. The number of carbonyl (C=O) groups excluding carboxylic acids is 1. The van der Waals surface area contributed by atoms with Crippen LogP contribution in [0.2, 0.25) is 5.02 Å². The molecule has 0 aliphatic carbocycles. The molecule has 6 rings (SSSR count). The molecule has 0 radical (unpaired) electrons. The molecule has 2 N–H and O–H groups in total. The van der Waals surface area contributed by atoms with E-state index < -0.39 is 17.7 Å². The molecule has 3 heterocycles. The van der Waals surface area contributed by atoms with Crippen LogP contribution < -0.4 is 5.32 Å². The van der Waals surface area contributed by atoms with Gasteiger partial charge in [0, 0.05) is 38.7 Å². The van der Waals surface area contributed by atoms with Gasteiger partial charge in [-0.25, -0.2) is 18.7 Å². The Bertz CT molecular complexity index is 1630. The average molecular weight is 463 g/mol. The lowest BCUT2D eigenvalue weighted by molar-refractivity contribution is 0.0960. The van der Waals surface area contributed by atoms with Crippen LogP contribution in [-0.2, 0) is 0 Å². The molecule has 0 saturated heterocycles. The predicted octanol–water partition coefficient (Wildman–Crippen LogP) is 5.04. The van der Waals surface area contributed by atoms with E-state index in [-0.39, 0.29) is 17.6 Å². The lowest BCUT2D eigenvalue weighted by Gasteiger charge is -2.16. The van der Waals surface area contributed by atoms with E-state index in [0.29, 0.717) is 43.5 Å². The Labute approximate surface area is 190 Å². The number of fused-ring (bicyclic) bond motifs is 4. The molecule has 1 atom stereocenters. The van der Waals surface area contributed by atoms with Crippen molar-refractivity contribution < 1.29 is 18.7 Å². The van der Waals surface area contributed by atoms with Gasteiger partial charge < -0.3 is 10.4 Å². The SMILES string of the molecule is O=C1NC(c2cc(F)ccc2Cl)c2c1ccc1cnc(-n3cc(O)c4cc(F)ccc43)nc21. The predicted molar refractivity (Wildman–Crippen MR) is 119 cm³/mol. The molecule has 3 aromatic carbocycles. The van der Waals surface area contributed by atoms with Gasteiger partial charge in [0.1, 0.15) is 17.4 Å². The molecule has 9 heteroatoms. The van der Waals surface area contributed by atoms with Gasteiger partial charge in [-0.2, -0.15) is 0 Å². The second-order valence-electron chi connectivity index (χ2n) is 7.75. The minimum Gasteiger partial charge on any atom is -0.506 e. The molecule has 0 bridgehead atoms. The van der Waals surface area contributed by atoms with Crippen molar-refractivity contribution in [3.63, 3.8) is 0 Å². The van der Waals surface area contributed by atoms with Crippen molar-refractivity contribution in [2.45, 2.75) is 6.04 Å². The number of benzene rings is 3. The molecule has 1 aliphatic rings. The highest BCUT2D eigenvalue weighted by Crippen LogP contribution is 2.39. The first kappa shape index (κ1) is 19.6. The van der Waals surface area contributed by atoms with Gasteiger partial charge >= 0.3 is 0 Å². The lowest BCUT2D eigenvalue weighted by Crippen LogP contribution is -2.20. The highest BCUT2D eigenvalue weighted by atomic mass is 35.5. The molecule has 1 amide bonds. The number of hydrogen-bond acceptors (Lipinski definition) is 4. The number of aromatic nitrogens is 3. The molecule has 1 aliphatic heterocycles. The van der Waals surface area contributed by atoms with Crippen molar-refractivity contribution in [2.75, 3.05) is 0 Å². The first-order chi connectivity index (χ1) is 15.9. The number of aromatic hydroxyl groups is 1. The van der Waals surface area contributed by atoms with Crippen LogP contribution in [0.4, 0.5) is 8.78 Å². The molecular weight excluding hydrogens is 450 g/mol. The molecule has 1 unspecified atom stereocenters. The molecule has 0 spiro atoms. The van der Waals surface area contributed by atoms with Crippen molar-refractivity contribution in [3.8, 4) is 11.7 Å². The maximum absolute atomic E-state index is 14.0. The van der Waals surface area contributed by atoms with E-state index in [9.17, 15) is 18.7 Å². The molecule has 33 heavy (non-hydrogen) atoms. The Morgan fingerprint density at radius 2 is 1.85 bits per heavy atom. The highest BCUT2D eigenvalue weighted by Gasteiger charge is 2.34. The second-order valence-corrected chi connectivity index (χ2v) is 8.16. The number of rotatable bonds is 2. The molecular formula is C24H13ClF2N4O2. The van der Waals surface area contributed by atoms with E-state index in [0.717, 1.165) is 0 Å². The Morgan fingerprint density at radius 3 is 2.70 bits per heavy atom. The van der Waals surface area contributed by atoms with Crippen LogP contribution in [0.5, 0.6) is 5.75 Å². The molecule has 0 fully saturated rings. The van der Waals surface area contributed by atoms with Crippen LogP contribution in [0.15, 0.2) is 60.9 Å². The van der Waals surface area contributed by atoms with Gasteiger partial charge in [-0.3, -0.25) is 9.36 Å². The van der Waals surface area contributed by atoms with Gasteiger partial charge in [0.15, 0.2) is 0 Å². The van der Waals surface area contributed by atoms with Gasteiger partial charge in [0.05, 0.1) is 23.3 Å². The van der Waals surface area contributed by atoms with E-state index in [1.807, 2.05) is 0 Å². The van der Waals surface area contributed by atoms with Crippen LogP contribution in [0, 0.1) is 11.6 Å². The Balaban J connectivity index is 1.60. The van der Waals surface area contributed by atoms with Crippen LogP contribution in [-0.4, -0.2) is 25.5 Å². The zero-order chi connectivity index (χ0) is 22.9. The number of halogens is 3. The van der Waals surface area contributed by atoms with Crippen LogP contribution in [0.1, 0.15) is 27.5 Å². The Morgan fingerprint density at radius 1 is 1.06 bits per heavy atom. The third-order valence-corrected chi connectivity index (χ3v) is 6.16. The van der Waals surface area contributed by atoms with Gasteiger partial charge in [-0.15, -0.1) is 0 Å². The Hall–Kier alpha value is -4.04. The van der Waals surface area contributed by atoms with Gasteiger partial charge in [-0.05, 0) is 42.5 Å². The quantitative estimate of drug-likeness (QED) is 0.385. The summed E-state index contributed by atoms with van der Waals surface area (Å²) in [5.41, 5.74) is 2.36. The third-order valence-electron chi connectivity index (χ3n) is 5.82. The van der Waals surface area contributed by atoms with E-state index in [4.69, 9.17) is 11.6 Å². The van der Waals surface area contributed by atoms with E-state index >= 15 is 0 Å². The summed E-state index contributed by atoms with van der Waals surface area (Å²) in [6.07, 6.45) is 3.00. The Kier molecular flexibility index (Phi) is 4.15. The summed E-state index contributed by atoms with van der Waals surface area (Å²) >= 11 is 6.34. The molecule has 6 nitrogen and oxygen atoms in total. The van der Waals surface area contributed by atoms with E-state index in [1.165, 1.54) is 47.2 Å². The zero-order valence-electron chi connectivity index (χ0n) is 16.7. The number of carbonyl (C=O) groups is 1. The summed E-state index contributed by atoms with van der Waals surface area (Å²) < 4.78 is 29.2. The minimum absolute atomic E-state index is 0.118. The smallest absolute Gasteiger partial charge is 0.252 e. The highest BCUT2D eigenvalue weighted by molar-refractivity contribution is 6.31. The standard InChI is InChI=1S/C24H13ClF2N4O2/c25-17-5-2-12(26)7-15(17)22-20-14(23(33)29-22)4-1-11-9-28-24(30-21(11)20)31-10-19(32)16-8-13(27)3-6-18(16)31/h1-10,22,32H,(H,29,33). The summed E-state index contributed by atoms with van der Waals surface area (Å²) in [6.45, 7) is 0. The monoisotopic (exact) mass is 462 g/mol. The van der Waals surface area contributed by atoms with Gasteiger partial charge in [0.25, 0.3) is 5.91 Å². The normalized spacial score (nSPS) is 15.2. The van der Waals surface area contributed by atoms with Crippen molar-refractivity contribution >= 4 is 39.3 Å². The zero-order valence-corrected chi connectivity index (χ0v) is 17.4. The second kappa shape index (κ2) is 6.98. The molecule has 162 valence electrons. The minimum atomic E-state index is -0.703. The van der Waals surface area contributed by atoms with Crippen LogP contribution in [0.3, 0.4) is 0 Å². The summed E-state index contributed by atoms with van der Waals surface area (Å²) in [6, 6.07) is 10.7. The maximum atomic E-state index is 14.0. The first-order valence-electron chi connectivity index (χ1n) is 9.96. The fourth-order valence-electron chi connectivity index (χ4n) is 4.32. The van der Waals surface area contributed by atoms with Crippen molar-refractivity contribution in [2.24, 2.45) is 0 Å². The summed E-state index contributed by atoms with van der Waals surface area (Å²) in [5, 5.41) is 14.4. The van der Waals surface area contributed by atoms with Crippen molar-refractivity contribution in [1.82, 2.24) is 19.9 Å².